The van der Waals surface area contributed by atoms with E-state index in [1.807, 2.05) is 0 Å². The molecule has 1 aromatic heterocycles. The Balaban J connectivity index is 1.69. The Labute approximate surface area is 192 Å². The molecule has 2 atom stereocenters. The molecule has 0 radical (unpaired) electrons. The topological polar surface area (TPSA) is 54.9 Å². The SMILES string of the molecule is Cc1cc2nc3c(nc2cc1C)C1(C(=O)Nc2ccc(Cl)c(Cl)c2)CCC3(C)C1(C)C. The van der Waals surface area contributed by atoms with E-state index in [1.54, 1.807) is 18.2 Å². The lowest BCUT2D eigenvalue weighted by Crippen LogP contribution is -2.48. The molecule has 4 nitrogen and oxygen atoms in total. The van der Waals surface area contributed by atoms with Crippen LogP contribution in [-0.4, -0.2) is 15.9 Å². The van der Waals surface area contributed by atoms with E-state index in [-0.39, 0.29) is 16.7 Å². The number of hydrogen-bond acceptors (Lipinski definition) is 3. The molecule has 0 saturated heterocycles. The summed E-state index contributed by atoms with van der Waals surface area (Å²) < 4.78 is 0. The first-order valence-corrected chi connectivity index (χ1v) is 11.3. The maximum atomic E-state index is 13.9. The summed E-state index contributed by atoms with van der Waals surface area (Å²) >= 11 is 12.2. The molecule has 1 amide bonds. The number of halogens is 2. The van der Waals surface area contributed by atoms with Crippen molar-refractivity contribution in [2.45, 2.75) is 58.3 Å². The minimum absolute atomic E-state index is 0.0594. The largest absolute Gasteiger partial charge is 0.325 e. The van der Waals surface area contributed by atoms with Crippen molar-refractivity contribution in [1.29, 1.82) is 0 Å². The zero-order valence-electron chi connectivity index (χ0n) is 18.4. The molecule has 0 spiro atoms. The lowest BCUT2D eigenvalue weighted by atomic mass is 9.63. The molecule has 2 unspecified atom stereocenters. The van der Waals surface area contributed by atoms with Crippen LogP contribution in [0.4, 0.5) is 5.69 Å². The van der Waals surface area contributed by atoms with Crippen molar-refractivity contribution in [3.05, 3.63) is 62.9 Å². The summed E-state index contributed by atoms with van der Waals surface area (Å²) in [4.78, 5) is 24.1. The van der Waals surface area contributed by atoms with Gasteiger partial charge in [0.15, 0.2) is 0 Å². The maximum Gasteiger partial charge on any atom is 0.237 e. The molecule has 2 aliphatic rings. The van der Waals surface area contributed by atoms with Crippen molar-refractivity contribution < 1.29 is 4.79 Å². The van der Waals surface area contributed by atoms with Crippen LogP contribution in [0.1, 0.15) is 56.1 Å². The highest BCUT2D eigenvalue weighted by atomic mass is 35.5. The maximum absolute atomic E-state index is 13.9. The van der Waals surface area contributed by atoms with Gasteiger partial charge in [-0.2, -0.15) is 0 Å². The van der Waals surface area contributed by atoms with Gasteiger partial charge in [0.2, 0.25) is 5.91 Å². The quantitative estimate of drug-likeness (QED) is 0.480. The summed E-state index contributed by atoms with van der Waals surface area (Å²) in [5, 5.41) is 3.97. The van der Waals surface area contributed by atoms with Gasteiger partial charge in [0.05, 0.1) is 37.9 Å². The second kappa shape index (κ2) is 6.43. The van der Waals surface area contributed by atoms with Crippen LogP contribution in [0.2, 0.25) is 10.0 Å². The lowest BCUT2D eigenvalue weighted by molar-refractivity contribution is -0.125. The van der Waals surface area contributed by atoms with Crippen LogP contribution in [0.5, 0.6) is 0 Å². The van der Waals surface area contributed by atoms with E-state index < -0.39 is 5.41 Å². The van der Waals surface area contributed by atoms with Crippen LogP contribution in [0, 0.1) is 19.3 Å². The molecular weight excluding hydrogens is 429 g/mol. The molecule has 6 heteroatoms. The number of benzene rings is 2. The van der Waals surface area contributed by atoms with Crippen molar-refractivity contribution in [3.8, 4) is 0 Å². The fourth-order valence-corrected chi connectivity index (χ4v) is 5.97. The van der Waals surface area contributed by atoms with E-state index in [9.17, 15) is 4.79 Å². The van der Waals surface area contributed by atoms with E-state index in [2.05, 4.69) is 52.1 Å². The summed E-state index contributed by atoms with van der Waals surface area (Å²) in [5.74, 6) is -0.0594. The third kappa shape index (κ3) is 2.52. The number of fused-ring (bicyclic) bond motifs is 6. The summed E-state index contributed by atoms with van der Waals surface area (Å²) in [6.07, 6.45) is 1.63. The molecule has 1 saturated carbocycles. The molecule has 2 bridgehead atoms. The number of anilines is 1. The van der Waals surface area contributed by atoms with E-state index in [1.165, 1.54) is 11.1 Å². The molecule has 2 aliphatic carbocycles. The molecular formula is C25H25Cl2N3O. The molecule has 1 N–H and O–H groups in total. The number of hydrogen-bond donors (Lipinski definition) is 1. The smallest absolute Gasteiger partial charge is 0.237 e. The van der Waals surface area contributed by atoms with Crippen molar-refractivity contribution in [2.75, 3.05) is 5.32 Å². The lowest BCUT2D eigenvalue weighted by Gasteiger charge is -2.39. The van der Waals surface area contributed by atoms with Crippen molar-refractivity contribution in [2.24, 2.45) is 5.41 Å². The Morgan fingerprint density at radius 3 is 2.13 bits per heavy atom. The second-order valence-corrected chi connectivity index (χ2v) is 10.6. The number of aryl methyl sites for hydroxylation is 2. The van der Waals surface area contributed by atoms with Gasteiger partial charge in [0, 0.05) is 11.1 Å². The van der Waals surface area contributed by atoms with Gasteiger partial charge in [0.1, 0.15) is 0 Å². The number of rotatable bonds is 2. The van der Waals surface area contributed by atoms with Crippen LogP contribution >= 0.6 is 23.2 Å². The molecule has 160 valence electrons. The van der Waals surface area contributed by atoms with Crippen LogP contribution < -0.4 is 5.32 Å². The third-order valence-corrected chi connectivity index (χ3v) is 8.96. The minimum atomic E-state index is -0.761. The normalized spacial score (nSPS) is 25.6. The van der Waals surface area contributed by atoms with Gasteiger partial charge in [-0.05, 0) is 73.6 Å². The van der Waals surface area contributed by atoms with Crippen LogP contribution in [-0.2, 0) is 15.6 Å². The predicted octanol–water partition coefficient (Wildman–Crippen LogP) is 6.52. The predicted molar refractivity (Wildman–Crippen MR) is 126 cm³/mol. The van der Waals surface area contributed by atoms with Gasteiger partial charge in [-0.3, -0.25) is 4.79 Å². The fourth-order valence-electron chi connectivity index (χ4n) is 5.67. The number of amides is 1. The first kappa shape index (κ1) is 20.7. The van der Waals surface area contributed by atoms with Gasteiger partial charge in [0.25, 0.3) is 0 Å². The first-order chi connectivity index (χ1) is 14.5. The molecule has 3 aromatic rings. The highest BCUT2D eigenvalue weighted by Gasteiger charge is 2.73. The van der Waals surface area contributed by atoms with Crippen LogP contribution in [0.15, 0.2) is 30.3 Å². The number of aromatic nitrogens is 2. The van der Waals surface area contributed by atoms with Crippen LogP contribution in [0.3, 0.4) is 0 Å². The minimum Gasteiger partial charge on any atom is -0.325 e. The highest BCUT2D eigenvalue weighted by Crippen LogP contribution is 2.70. The highest BCUT2D eigenvalue weighted by molar-refractivity contribution is 6.42. The van der Waals surface area contributed by atoms with Crippen LogP contribution in [0.25, 0.3) is 11.0 Å². The molecule has 1 fully saturated rings. The molecule has 5 rings (SSSR count). The van der Waals surface area contributed by atoms with E-state index >= 15 is 0 Å². The standard InChI is InChI=1S/C25H25Cl2N3O/c1-13-10-18-19(11-14(13)2)30-21-20(29-18)24(5)8-9-25(21,23(24,3)4)22(31)28-15-6-7-16(26)17(27)12-15/h6-7,10-12H,8-9H2,1-5H3,(H,28,31). The molecule has 0 aliphatic heterocycles. The number of nitrogens with one attached hydrogen (secondary N) is 1. The second-order valence-electron chi connectivity index (χ2n) is 9.79. The number of carbonyl (C=O) groups is 1. The third-order valence-electron chi connectivity index (χ3n) is 8.22. The average molecular weight is 454 g/mol. The Kier molecular flexibility index (Phi) is 4.30. The first-order valence-electron chi connectivity index (χ1n) is 10.6. The Morgan fingerprint density at radius 2 is 1.52 bits per heavy atom. The Morgan fingerprint density at radius 1 is 0.903 bits per heavy atom. The summed E-state index contributed by atoms with van der Waals surface area (Å²) in [5.41, 5.74) is 5.19. The van der Waals surface area contributed by atoms with Gasteiger partial charge in [-0.15, -0.1) is 0 Å². The van der Waals surface area contributed by atoms with E-state index in [4.69, 9.17) is 33.2 Å². The van der Waals surface area contributed by atoms with Gasteiger partial charge >= 0.3 is 0 Å². The monoisotopic (exact) mass is 453 g/mol. The fraction of sp³-hybridized carbons (Fsp3) is 0.400. The molecule has 1 heterocycles. The number of nitrogens with zero attached hydrogens (tertiary/aromatic N) is 2. The Bertz CT molecular complexity index is 1290. The zero-order chi connectivity index (χ0) is 22.3. The number of carbonyl (C=O) groups excluding carboxylic acids is 1. The van der Waals surface area contributed by atoms with Crippen molar-refractivity contribution in [3.63, 3.8) is 0 Å². The molecule has 31 heavy (non-hydrogen) atoms. The summed E-state index contributed by atoms with van der Waals surface area (Å²) in [6.45, 7) is 10.8. The zero-order valence-corrected chi connectivity index (χ0v) is 19.9. The van der Waals surface area contributed by atoms with E-state index in [0.717, 1.165) is 35.3 Å². The summed E-state index contributed by atoms with van der Waals surface area (Å²) in [6, 6.07) is 9.33. The summed E-state index contributed by atoms with van der Waals surface area (Å²) in [7, 11) is 0. The van der Waals surface area contributed by atoms with Crippen molar-refractivity contribution >= 4 is 45.8 Å². The van der Waals surface area contributed by atoms with Gasteiger partial charge in [-0.1, -0.05) is 44.0 Å². The van der Waals surface area contributed by atoms with Crippen molar-refractivity contribution in [1.82, 2.24) is 9.97 Å². The van der Waals surface area contributed by atoms with E-state index in [0.29, 0.717) is 15.7 Å². The average Bonchev–Trinajstić information content (AvgIpc) is 3.00. The van der Waals surface area contributed by atoms with Gasteiger partial charge in [-0.25, -0.2) is 9.97 Å². The molecule has 2 aromatic carbocycles. The Hall–Kier alpha value is -2.17. The van der Waals surface area contributed by atoms with Gasteiger partial charge < -0.3 is 5.32 Å².